The standard InChI is InChI=1S/C12H9NO5/c1-18-11-8-5-3-2-4-7(8)10(13(16)17)6-9(11)12(14)15/h2-6H,1H3,(H,14,15). The highest BCUT2D eigenvalue weighted by Crippen LogP contribution is 2.36. The van der Waals surface area contributed by atoms with E-state index in [0.717, 1.165) is 6.07 Å². The molecular weight excluding hydrogens is 238 g/mol. The molecular formula is C12H9NO5. The van der Waals surface area contributed by atoms with E-state index in [1.54, 1.807) is 24.3 Å². The summed E-state index contributed by atoms with van der Waals surface area (Å²) in [5, 5.41) is 20.8. The third-order valence-electron chi connectivity index (χ3n) is 2.60. The van der Waals surface area contributed by atoms with Gasteiger partial charge in [0.05, 0.1) is 17.4 Å². The van der Waals surface area contributed by atoms with E-state index in [1.807, 2.05) is 0 Å². The third-order valence-corrected chi connectivity index (χ3v) is 2.60. The van der Waals surface area contributed by atoms with Gasteiger partial charge in [0.15, 0.2) is 0 Å². The molecule has 0 saturated carbocycles. The molecule has 0 aliphatic carbocycles. The van der Waals surface area contributed by atoms with Gasteiger partial charge in [0, 0.05) is 11.5 Å². The second kappa shape index (κ2) is 4.33. The normalized spacial score (nSPS) is 10.3. The largest absolute Gasteiger partial charge is 0.495 e. The first kappa shape index (κ1) is 11.8. The molecule has 6 nitrogen and oxygen atoms in total. The number of carboxylic acid groups (broad SMARTS) is 1. The SMILES string of the molecule is COc1c(C(=O)O)cc([N+](=O)[O-])c2ccccc12. The number of hydrogen-bond acceptors (Lipinski definition) is 4. The minimum absolute atomic E-state index is 0.128. The Labute approximate surface area is 102 Å². The lowest BCUT2D eigenvalue weighted by Gasteiger charge is -2.09. The first-order chi connectivity index (χ1) is 8.56. The second-order valence-corrected chi connectivity index (χ2v) is 3.58. The van der Waals surface area contributed by atoms with Crippen LogP contribution in [0.2, 0.25) is 0 Å². The average Bonchev–Trinajstić information content (AvgIpc) is 2.36. The van der Waals surface area contributed by atoms with Crippen molar-refractivity contribution in [3.05, 3.63) is 46.0 Å². The molecule has 2 aromatic carbocycles. The highest BCUT2D eigenvalue weighted by atomic mass is 16.6. The van der Waals surface area contributed by atoms with Gasteiger partial charge >= 0.3 is 5.97 Å². The van der Waals surface area contributed by atoms with E-state index < -0.39 is 10.9 Å². The van der Waals surface area contributed by atoms with Crippen molar-refractivity contribution in [1.82, 2.24) is 0 Å². The lowest BCUT2D eigenvalue weighted by molar-refractivity contribution is -0.383. The molecule has 92 valence electrons. The average molecular weight is 247 g/mol. The Morgan fingerprint density at radius 3 is 2.44 bits per heavy atom. The van der Waals surface area contributed by atoms with E-state index in [0.29, 0.717) is 10.8 Å². The summed E-state index contributed by atoms with van der Waals surface area (Å²) < 4.78 is 5.05. The molecule has 0 fully saturated rings. The van der Waals surface area contributed by atoms with Gasteiger partial charge in [0.2, 0.25) is 0 Å². The van der Waals surface area contributed by atoms with E-state index in [4.69, 9.17) is 9.84 Å². The number of hydrogen-bond donors (Lipinski definition) is 1. The van der Waals surface area contributed by atoms with Crippen molar-refractivity contribution in [2.24, 2.45) is 0 Å². The smallest absolute Gasteiger partial charge is 0.339 e. The van der Waals surface area contributed by atoms with Crippen LogP contribution in [0, 0.1) is 10.1 Å². The number of fused-ring (bicyclic) bond motifs is 1. The number of non-ortho nitro benzene ring substituents is 1. The van der Waals surface area contributed by atoms with Crippen LogP contribution in [0.15, 0.2) is 30.3 Å². The van der Waals surface area contributed by atoms with Gasteiger partial charge in [0.1, 0.15) is 11.3 Å². The number of rotatable bonds is 3. The van der Waals surface area contributed by atoms with Crippen LogP contribution in [0.4, 0.5) is 5.69 Å². The highest BCUT2D eigenvalue weighted by molar-refractivity contribution is 6.04. The van der Waals surface area contributed by atoms with Gasteiger partial charge < -0.3 is 9.84 Å². The number of nitro groups is 1. The minimum Gasteiger partial charge on any atom is -0.495 e. The van der Waals surface area contributed by atoms with Gasteiger partial charge in [-0.3, -0.25) is 10.1 Å². The Bertz CT molecular complexity index is 650. The zero-order valence-electron chi connectivity index (χ0n) is 9.41. The van der Waals surface area contributed by atoms with Crippen LogP contribution in [0.5, 0.6) is 5.75 Å². The molecule has 18 heavy (non-hydrogen) atoms. The minimum atomic E-state index is -1.26. The number of carbonyl (C=O) groups is 1. The summed E-state index contributed by atoms with van der Waals surface area (Å²) in [7, 11) is 1.33. The number of nitro benzene ring substituents is 1. The molecule has 0 bridgehead atoms. The van der Waals surface area contributed by atoms with Gasteiger partial charge in [-0.05, 0) is 6.07 Å². The van der Waals surface area contributed by atoms with Crippen LogP contribution in [0.25, 0.3) is 10.8 Å². The van der Waals surface area contributed by atoms with Gasteiger partial charge in [-0.15, -0.1) is 0 Å². The van der Waals surface area contributed by atoms with Crippen LogP contribution in [-0.2, 0) is 0 Å². The first-order valence-electron chi connectivity index (χ1n) is 5.03. The Morgan fingerprint density at radius 2 is 1.94 bits per heavy atom. The lowest BCUT2D eigenvalue weighted by atomic mass is 10.0. The van der Waals surface area contributed by atoms with Crippen LogP contribution >= 0.6 is 0 Å². The van der Waals surface area contributed by atoms with Gasteiger partial charge in [0.25, 0.3) is 5.69 Å². The third kappa shape index (κ3) is 1.73. The molecule has 0 atom stereocenters. The van der Waals surface area contributed by atoms with E-state index in [-0.39, 0.29) is 17.0 Å². The van der Waals surface area contributed by atoms with Crippen LogP contribution < -0.4 is 4.74 Å². The van der Waals surface area contributed by atoms with E-state index in [9.17, 15) is 14.9 Å². The maximum absolute atomic E-state index is 11.1. The van der Waals surface area contributed by atoms with Gasteiger partial charge in [-0.25, -0.2) is 4.79 Å². The zero-order valence-corrected chi connectivity index (χ0v) is 9.41. The predicted molar refractivity (Wildman–Crippen MR) is 64.1 cm³/mol. The van der Waals surface area contributed by atoms with E-state index in [2.05, 4.69) is 0 Å². The van der Waals surface area contributed by atoms with Crippen molar-refractivity contribution < 1.29 is 19.6 Å². The maximum atomic E-state index is 11.1. The molecule has 2 aromatic rings. The molecule has 0 radical (unpaired) electrons. The zero-order chi connectivity index (χ0) is 13.3. The predicted octanol–water partition coefficient (Wildman–Crippen LogP) is 2.45. The molecule has 0 spiro atoms. The number of aromatic carboxylic acids is 1. The lowest BCUT2D eigenvalue weighted by Crippen LogP contribution is -2.03. The van der Waals surface area contributed by atoms with Gasteiger partial charge in [-0.1, -0.05) is 18.2 Å². The highest BCUT2D eigenvalue weighted by Gasteiger charge is 2.22. The first-order valence-corrected chi connectivity index (χ1v) is 5.03. The molecule has 0 aliphatic rings. The molecule has 0 amide bonds. The Kier molecular flexibility index (Phi) is 2.85. The number of ether oxygens (including phenoxy) is 1. The second-order valence-electron chi connectivity index (χ2n) is 3.58. The number of carboxylic acids is 1. The maximum Gasteiger partial charge on any atom is 0.339 e. The summed E-state index contributed by atoms with van der Waals surface area (Å²) in [4.78, 5) is 21.5. The summed E-state index contributed by atoms with van der Waals surface area (Å²) in [6.45, 7) is 0. The number of methoxy groups -OCH3 is 1. The fourth-order valence-electron chi connectivity index (χ4n) is 1.86. The molecule has 2 rings (SSSR count). The van der Waals surface area contributed by atoms with E-state index in [1.165, 1.54) is 7.11 Å². The number of nitrogens with zero attached hydrogens (tertiary/aromatic N) is 1. The van der Waals surface area contributed by atoms with Crippen LogP contribution in [0.3, 0.4) is 0 Å². The summed E-state index contributed by atoms with van der Waals surface area (Å²) >= 11 is 0. The summed E-state index contributed by atoms with van der Waals surface area (Å²) in [5.41, 5.74) is -0.466. The van der Waals surface area contributed by atoms with Crippen molar-refractivity contribution in [3.8, 4) is 5.75 Å². The van der Waals surface area contributed by atoms with E-state index >= 15 is 0 Å². The molecule has 0 unspecified atom stereocenters. The fourth-order valence-corrected chi connectivity index (χ4v) is 1.86. The Morgan fingerprint density at radius 1 is 1.33 bits per heavy atom. The van der Waals surface area contributed by atoms with Crippen LogP contribution in [-0.4, -0.2) is 23.1 Å². The Balaban J connectivity index is 2.95. The fraction of sp³-hybridized carbons (Fsp3) is 0.0833. The van der Waals surface area contributed by atoms with Crippen molar-refractivity contribution >= 4 is 22.4 Å². The van der Waals surface area contributed by atoms with Crippen molar-refractivity contribution in [3.63, 3.8) is 0 Å². The quantitative estimate of drug-likeness (QED) is 0.664. The molecule has 0 heterocycles. The van der Waals surface area contributed by atoms with Gasteiger partial charge in [-0.2, -0.15) is 0 Å². The molecule has 0 aliphatic heterocycles. The number of benzene rings is 2. The molecule has 1 N–H and O–H groups in total. The summed E-state index contributed by atoms with van der Waals surface area (Å²) in [5.74, 6) is -1.13. The summed E-state index contributed by atoms with van der Waals surface area (Å²) in [6.07, 6.45) is 0. The topological polar surface area (TPSA) is 89.7 Å². The molecule has 0 saturated heterocycles. The molecule has 0 aromatic heterocycles. The molecule has 6 heteroatoms. The van der Waals surface area contributed by atoms with Crippen molar-refractivity contribution in [1.29, 1.82) is 0 Å². The van der Waals surface area contributed by atoms with Crippen molar-refractivity contribution in [2.75, 3.05) is 7.11 Å². The van der Waals surface area contributed by atoms with Crippen molar-refractivity contribution in [2.45, 2.75) is 0 Å². The summed E-state index contributed by atoms with van der Waals surface area (Å²) in [6, 6.07) is 7.48. The Hall–Kier alpha value is -2.63. The monoisotopic (exact) mass is 247 g/mol. The van der Waals surface area contributed by atoms with Crippen LogP contribution in [0.1, 0.15) is 10.4 Å².